The van der Waals surface area contributed by atoms with E-state index in [4.69, 9.17) is 16.1 Å². The number of carbonyl (C=O) groups is 1. The van der Waals surface area contributed by atoms with Crippen molar-refractivity contribution < 1.29 is 9.32 Å². The largest absolute Gasteiger partial charge is 0.360 e. The number of fused-ring (bicyclic) bond motifs is 3. The predicted octanol–water partition coefficient (Wildman–Crippen LogP) is 3.35. The maximum Gasteiger partial charge on any atom is 0.264 e. The molecule has 0 radical (unpaired) electrons. The van der Waals surface area contributed by atoms with Gasteiger partial charge in [0.15, 0.2) is 0 Å². The Morgan fingerprint density at radius 1 is 1.34 bits per heavy atom. The molecule has 2 aromatic heterocycles. The number of amides is 1. The maximum atomic E-state index is 13.4. The van der Waals surface area contributed by atoms with Crippen LogP contribution in [-0.2, 0) is 4.79 Å². The lowest BCUT2D eigenvalue weighted by Crippen LogP contribution is -2.43. The Hall–Kier alpha value is -2.09. The quantitative estimate of drug-likeness (QED) is 0.651. The van der Waals surface area contributed by atoms with E-state index >= 15 is 0 Å². The molecule has 0 spiro atoms. The molecule has 1 saturated carbocycles. The molecule has 1 aliphatic rings. The molecule has 2 atom stereocenters. The van der Waals surface area contributed by atoms with Crippen molar-refractivity contribution in [1.29, 1.82) is 0 Å². The number of halogens is 2. The lowest BCUT2D eigenvalue weighted by atomic mass is 9.90. The summed E-state index contributed by atoms with van der Waals surface area (Å²) in [5, 5.41) is 11.8. The molecule has 9 heteroatoms. The summed E-state index contributed by atoms with van der Waals surface area (Å²) in [5.41, 5.74) is 1.15. The number of pyridine rings is 1. The van der Waals surface area contributed by atoms with Gasteiger partial charge in [0, 0.05) is 17.5 Å². The van der Waals surface area contributed by atoms with Crippen LogP contribution in [-0.4, -0.2) is 35.3 Å². The molecule has 7 nitrogen and oxygen atoms in total. The lowest BCUT2D eigenvalue weighted by molar-refractivity contribution is -0.121. The van der Waals surface area contributed by atoms with E-state index in [0.29, 0.717) is 28.1 Å². The van der Waals surface area contributed by atoms with Crippen molar-refractivity contribution in [3.05, 3.63) is 39.3 Å². The molecule has 0 bridgehead atoms. The van der Waals surface area contributed by atoms with Gasteiger partial charge in [-0.05, 0) is 51.8 Å². The van der Waals surface area contributed by atoms with Crippen molar-refractivity contribution in [1.82, 2.24) is 20.4 Å². The fraction of sp³-hybridized carbons (Fsp3) is 0.450. The first-order valence-electron chi connectivity index (χ1n) is 9.54. The van der Waals surface area contributed by atoms with Crippen LogP contribution in [0.5, 0.6) is 0 Å². The molecular formula is C20H24Cl2N4O3. The van der Waals surface area contributed by atoms with Gasteiger partial charge in [-0.2, -0.15) is 0 Å². The summed E-state index contributed by atoms with van der Waals surface area (Å²) in [6.07, 6.45) is 3.42. The number of nitrogens with zero attached hydrogens (tertiary/aromatic N) is 2. The number of aryl methyl sites for hydroxylation is 1. The second-order valence-electron chi connectivity index (χ2n) is 7.39. The van der Waals surface area contributed by atoms with Gasteiger partial charge in [0.1, 0.15) is 16.7 Å². The van der Waals surface area contributed by atoms with Crippen LogP contribution in [0.3, 0.4) is 0 Å². The molecule has 4 rings (SSSR count). The van der Waals surface area contributed by atoms with Gasteiger partial charge in [0.2, 0.25) is 5.91 Å². The summed E-state index contributed by atoms with van der Waals surface area (Å²) in [5.74, 6) is 0.462. The number of aromatic nitrogens is 2. The van der Waals surface area contributed by atoms with Crippen molar-refractivity contribution in [2.45, 2.75) is 44.7 Å². The molecule has 0 aliphatic heterocycles. The zero-order chi connectivity index (χ0) is 19.8. The Morgan fingerprint density at radius 3 is 2.90 bits per heavy atom. The van der Waals surface area contributed by atoms with E-state index in [9.17, 15) is 9.59 Å². The van der Waals surface area contributed by atoms with Crippen LogP contribution in [0.25, 0.3) is 21.8 Å². The second kappa shape index (κ2) is 8.73. The second-order valence-corrected chi connectivity index (χ2v) is 7.79. The molecule has 2 unspecified atom stereocenters. The summed E-state index contributed by atoms with van der Waals surface area (Å²) >= 11 is 6.48. The number of nitrogens with one attached hydrogen (secondary N) is 2. The molecule has 2 heterocycles. The SMILES string of the molecule is CNCC(=O)NC1CCCC(n2c(=O)c3c(C)onc3c3c(Cl)cccc32)C1.Cl. The summed E-state index contributed by atoms with van der Waals surface area (Å²) in [7, 11) is 1.75. The fourth-order valence-corrected chi connectivity index (χ4v) is 4.56. The van der Waals surface area contributed by atoms with Crippen LogP contribution in [0.2, 0.25) is 5.02 Å². The summed E-state index contributed by atoms with van der Waals surface area (Å²) in [6, 6.07) is 5.55. The Morgan fingerprint density at radius 2 is 2.14 bits per heavy atom. The van der Waals surface area contributed by atoms with E-state index in [1.807, 2.05) is 16.7 Å². The maximum absolute atomic E-state index is 13.4. The van der Waals surface area contributed by atoms with Crippen LogP contribution in [0.15, 0.2) is 27.5 Å². The Balaban J connectivity index is 0.00000240. The highest BCUT2D eigenvalue weighted by atomic mass is 35.5. The van der Waals surface area contributed by atoms with E-state index < -0.39 is 0 Å². The zero-order valence-electron chi connectivity index (χ0n) is 16.3. The van der Waals surface area contributed by atoms with Gasteiger partial charge in [-0.3, -0.25) is 9.59 Å². The number of rotatable bonds is 4. The van der Waals surface area contributed by atoms with Gasteiger partial charge in [0.05, 0.1) is 17.1 Å². The molecule has 1 aromatic carbocycles. The Bertz CT molecular complexity index is 1110. The minimum atomic E-state index is -0.115. The Labute approximate surface area is 179 Å². The molecule has 0 saturated heterocycles. The van der Waals surface area contributed by atoms with E-state index in [1.165, 1.54) is 0 Å². The minimum absolute atomic E-state index is 0. The third-order valence-corrected chi connectivity index (χ3v) is 5.81. The van der Waals surface area contributed by atoms with Gasteiger partial charge in [0.25, 0.3) is 5.56 Å². The van der Waals surface area contributed by atoms with E-state index in [2.05, 4.69) is 15.8 Å². The molecule has 156 valence electrons. The molecule has 1 fully saturated rings. The summed E-state index contributed by atoms with van der Waals surface area (Å²) < 4.78 is 7.14. The van der Waals surface area contributed by atoms with Gasteiger partial charge in [-0.1, -0.05) is 22.8 Å². The summed E-state index contributed by atoms with van der Waals surface area (Å²) in [4.78, 5) is 25.4. The van der Waals surface area contributed by atoms with E-state index in [1.54, 1.807) is 20.0 Å². The van der Waals surface area contributed by atoms with Crippen LogP contribution in [0.4, 0.5) is 0 Å². The van der Waals surface area contributed by atoms with E-state index in [-0.39, 0.29) is 42.5 Å². The van der Waals surface area contributed by atoms with Crippen LogP contribution in [0.1, 0.15) is 37.5 Å². The first kappa shape index (κ1) is 21.6. The summed E-state index contributed by atoms with van der Waals surface area (Å²) in [6.45, 7) is 2.02. The van der Waals surface area contributed by atoms with Crippen molar-refractivity contribution in [2.75, 3.05) is 13.6 Å². The number of benzene rings is 1. The molecule has 29 heavy (non-hydrogen) atoms. The predicted molar refractivity (Wildman–Crippen MR) is 116 cm³/mol. The molecular weight excluding hydrogens is 415 g/mol. The third-order valence-electron chi connectivity index (χ3n) is 5.50. The minimum Gasteiger partial charge on any atom is -0.360 e. The first-order valence-corrected chi connectivity index (χ1v) is 9.91. The van der Waals surface area contributed by atoms with Gasteiger partial charge >= 0.3 is 0 Å². The Kier molecular flexibility index (Phi) is 6.51. The van der Waals surface area contributed by atoms with E-state index in [0.717, 1.165) is 30.2 Å². The van der Waals surface area contributed by atoms with Crippen LogP contribution >= 0.6 is 24.0 Å². The molecule has 2 N–H and O–H groups in total. The monoisotopic (exact) mass is 438 g/mol. The van der Waals surface area contributed by atoms with Crippen molar-refractivity contribution in [3.63, 3.8) is 0 Å². The highest BCUT2D eigenvalue weighted by Crippen LogP contribution is 2.35. The van der Waals surface area contributed by atoms with Crippen molar-refractivity contribution in [3.8, 4) is 0 Å². The van der Waals surface area contributed by atoms with Gasteiger partial charge < -0.3 is 19.7 Å². The van der Waals surface area contributed by atoms with Crippen molar-refractivity contribution in [2.24, 2.45) is 0 Å². The molecule has 3 aromatic rings. The average molecular weight is 439 g/mol. The topological polar surface area (TPSA) is 89.2 Å². The van der Waals surface area contributed by atoms with Crippen molar-refractivity contribution >= 4 is 51.7 Å². The normalized spacial score (nSPS) is 19.3. The number of hydrogen-bond acceptors (Lipinski definition) is 5. The third kappa shape index (κ3) is 3.86. The smallest absolute Gasteiger partial charge is 0.264 e. The standard InChI is InChI=1S/C20H23ClN4O3.ClH/c1-11-17-19(24-28-11)18-14(21)7-4-8-15(18)25(20(17)27)13-6-3-5-12(9-13)23-16(26)10-22-2;/h4,7-8,12-13,22H,3,5-6,9-10H2,1-2H3,(H,23,26);1H. The number of carbonyl (C=O) groups excluding carboxylic acids is 1. The highest BCUT2D eigenvalue weighted by molar-refractivity contribution is 6.37. The highest BCUT2D eigenvalue weighted by Gasteiger charge is 2.28. The fourth-order valence-electron chi connectivity index (χ4n) is 4.30. The average Bonchev–Trinajstić information content (AvgIpc) is 3.04. The van der Waals surface area contributed by atoms with Gasteiger partial charge in [-0.15, -0.1) is 12.4 Å². The lowest BCUT2D eigenvalue weighted by Gasteiger charge is -2.32. The van der Waals surface area contributed by atoms with Crippen LogP contribution < -0.4 is 16.2 Å². The molecule has 1 aliphatic carbocycles. The van der Waals surface area contributed by atoms with Crippen LogP contribution in [0, 0.1) is 6.92 Å². The molecule has 1 amide bonds. The first-order chi connectivity index (χ1) is 13.5. The zero-order valence-corrected chi connectivity index (χ0v) is 17.9. The number of hydrogen-bond donors (Lipinski definition) is 2. The van der Waals surface area contributed by atoms with Gasteiger partial charge in [-0.25, -0.2) is 0 Å². The number of likely N-dealkylation sites (N-methyl/N-ethyl adjacent to an activating group) is 1.